The maximum atomic E-state index is 12.5. The SMILES string of the molecule is C#C[C@H](CCSC)NC(=O)[C@H](CC(C)C)NC(=O)OCc1ccccc1. The maximum absolute atomic E-state index is 12.5. The lowest BCUT2D eigenvalue weighted by molar-refractivity contribution is -0.123. The second-order valence-electron chi connectivity index (χ2n) is 6.40. The number of thioether (sulfide) groups is 1. The van der Waals surface area contributed by atoms with Crippen LogP contribution in [0.4, 0.5) is 4.79 Å². The van der Waals surface area contributed by atoms with Crippen LogP contribution in [0.2, 0.25) is 0 Å². The van der Waals surface area contributed by atoms with Crippen molar-refractivity contribution >= 4 is 23.8 Å². The molecule has 0 radical (unpaired) electrons. The summed E-state index contributed by atoms with van der Waals surface area (Å²) in [6.07, 6.45) is 8.06. The van der Waals surface area contributed by atoms with Crippen LogP contribution in [0.3, 0.4) is 0 Å². The van der Waals surface area contributed by atoms with Gasteiger partial charge in [-0.15, -0.1) is 6.42 Å². The fourth-order valence-electron chi connectivity index (χ4n) is 2.32. The molecule has 0 bridgehead atoms. The predicted molar refractivity (Wildman–Crippen MR) is 107 cm³/mol. The lowest BCUT2D eigenvalue weighted by Crippen LogP contribution is -2.50. The van der Waals surface area contributed by atoms with Gasteiger partial charge in [0.05, 0.1) is 6.04 Å². The molecule has 1 rings (SSSR count). The smallest absolute Gasteiger partial charge is 0.408 e. The van der Waals surface area contributed by atoms with Gasteiger partial charge < -0.3 is 15.4 Å². The van der Waals surface area contributed by atoms with Crippen molar-refractivity contribution in [3.05, 3.63) is 35.9 Å². The monoisotopic (exact) mass is 376 g/mol. The fraction of sp³-hybridized carbons (Fsp3) is 0.500. The van der Waals surface area contributed by atoms with Crippen molar-refractivity contribution in [2.24, 2.45) is 5.92 Å². The third-order valence-electron chi connectivity index (χ3n) is 3.66. The summed E-state index contributed by atoms with van der Waals surface area (Å²) in [6.45, 7) is 4.14. The van der Waals surface area contributed by atoms with Crippen LogP contribution in [0.1, 0.15) is 32.3 Å². The number of rotatable bonds is 10. The van der Waals surface area contributed by atoms with Crippen molar-refractivity contribution in [1.82, 2.24) is 10.6 Å². The lowest BCUT2D eigenvalue weighted by atomic mass is 10.0. The first-order valence-corrected chi connectivity index (χ1v) is 10.1. The van der Waals surface area contributed by atoms with Gasteiger partial charge in [-0.05, 0) is 36.3 Å². The Kier molecular flexibility index (Phi) is 10.3. The molecule has 2 N–H and O–H groups in total. The van der Waals surface area contributed by atoms with Gasteiger partial charge in [-0.2, -0.15) is 11.8 Å². The molecule has 0 aliphatic rings. The molecule has 0 unspecified atom stereocenters. The quantitative estimate of drug-likeness (QED) is 0.616. The summed E-state index contributed by atoms with van der Waals surface area (Å²) in [6, 6.07) is 8.37. The summed E-state index contributed by atoms with van der Waals surface area (Å²) in [5.74, 6) is 3.40. The Morgan fingerprint density at radius 3 is 2.50 bits per heavy atom. The van der Waals surface area contributed by atoms with E-state index in [0.29, 0.717) is 12.8 Å². The average Bonchev–Trinajstić information content (AvgIpc) is 2.63. The molecule has 0 heterocycles. The van der Waals surface area contributed by atoms with Gasteiger partial charge >= 0.3 is 6.09 Å². The minimum Gasteiger partial charge on any atom is -0.445 e. The predicted octanol–water partition coefficient (Wildman–Crippen LogP) is 3.20. The molecule has 142 valence electrons. The van der Waals surface area contributed by atoms with E-state index in [2.05, 4.69) is 16.6 Å². The highest BCUT2D eigenvalue weighted by Crippen LogP contribution is 2.08. The van der Waals surface area contributed by atoms with Crippen molar-refractivity contribution in [3.8, 4) is 12.3 Å². The number of carbonyl (C=O) groups is 2. The molecule has 2 atom stereocenters. The van der Waals surface area contributed by atoms with Crippen molar-refractivity contribution in [1.29, 1.82) is 0 Å². The Hall–Kier alpha value is -2.13. The Labute approximate surface area is 160 Å². The third-order valence-corrected chi connectivity index (χ3v) is 4.30. The van der Waals surface area contributed by atoms with Crippen LogP contribution in [0, 0.1) is 18.3 Å². The van der Waals surface area contributed by atoms with Crippen molar-refractivity contribution in [2.75, 3.05) is 12.0 Å². The standard InChI is InChI=1S/C20H28N2O3S/c1-5-17(11-12-26-4)21-19(23)18(13-15(2)3)22-20(24)25-14-16-9-7-6-8-10-16/h1,6-10,15,17-18H,11-14H2,2-4H3,(H,21,23)(H,22,24)/t17-,18+/m1/s1. The first-order valence-electron chi connectivity index (χ1n) is 8.69. The molecular weight excluding hydrogens is 348 g/mol. The zero-order valence-corrected chi connectivity index (χ0v) is 16.5. The number of hydrogen-bond donors (Lipinski definition) is 2. The molecule has 0 fully saturated rings. The van der Waals surface area contributed by atoms with E-state index < -0.39 is 12.1 Å². The average molecular weight is 377 g/mol. The van der Waals surface area contributed by atoms with E-state index in [1.54, 1.807) is 11.8 Å². The number of ether oxygens (including phenoxy) is 1. The highest BCUT2D eigenvalue weighted by atomic mass is 32.2. The number of benzene rings is 1. The number of nitrogens with one attached hydrogen (secondary N) is 2. The first-order chi connectivity index (χ1) is 12.5. The summed E-state index contributed by atoms with van der Waals surface area (Å²) in [5, 5.41) is 5.48. The lowest BCUT2D eigenvalue weighted by Gasteiger charge is -2.22. The number of carbonyl (C=O) groups excluding carboxylic acids is 2. The van der Waals surface area contributed by atoms with E-state index in [-0.39, 0.29) is 24.5 Å². The van der Waals surface area contributed by atoms with Crippen LogP contribution in [-0.4, -0.2) is 36.1 Å². The minimum absolute atomic E-state index is 0.156. The second kappa shape index (κ2) is 12.3. The van der Waals surface area contributed by atoms with Crippen LogP contribution in [0.15, 0.2) is 30.3 Å². The first kappa shape index (κ1) is 21.9. The third kappa shape index (κ3) is 8.82. The topological polar surface area (TPSA) is 67.4 Å². The Morgan fingerprint density at radius 2 is 1.92 bits per heavy atom. The van der Waals surface area contributed by atoms with E-state index in [0.717, 1.165) is 11.3 Å². The van der Waals surface area contributed by atoms with Crippen molar-refractivity contribution < 1.29 is 14.3 Å². The molecule has 6 heteroatoms. The highest BCUT2D eigenvalue weighted by Gasteiger charge is 2.24. The molecule has 2 amide bonds. The van der Waals surface area contributed by atoms with Gasteiger partial charge in [0.1, 0.15) is 12.6 Å². The highest BCUT2D eigenvalue weighted by molar-refractivity contribution is 7.98. The van der Waals surface area contributed by atoms with Gasteiger partial charge in [0.2, 0.25) is 5.91 Å². The molecule has 26 heavy (non-hydrogen) atoms. The van der Waals surface area contributed by atoms with Gasteiger partial charge in [-0.1, -0.05) is 50.1 Å². The molecule has 1 aromatic rings. The largest absolute Gasteiger partial charge is 0.445 e. The van der Waals surface area contributed by atoms with E-state index in [4.69, 9.17) is 11.2 Å². The molecule has 0 saturated carbocycles. The number of terminal acetylenes is 1. The molecule has 1 aromatic carbocycles. The summed E-state index contributed by atoms with van der Waals surface area (Å²) >= 11 is 1.67. The molecule has 5 nitrogen and oxygen atoms in total. The molecular formula is C20H28N2O3S. The van der Waals surface area contributed by atoms with E-state index in [1.165, 1.54) is 0 Å². The molecule has 0 aliphatic heterocycles. The van der Waals surface area contributed by atoms with Gasteiger partial charge in [-0.25, -0.2) is 4.79 Å². The van der Waals surface area contributed by atoms with Gasteiger partial charge in [-0.3, -0.25) is 4.79 Å². The number of alkyl carbamates (subject to hydrolysis) is 1. The van der Waals surface area contributed by atoms with Crippen LogP contribution in [0.5, 0.6) is 0 Å². The number of amides is 2. The fourth-order valence-corrected chi connectivity index (χ4v) is 2.79. The van der Waals surface area contributed by atoms with Gasteiger partial charge in [0, 0.05) is 0 Å². The van der Waals surface area contributed by atoms with Gasteiger partial charge in [0.25, 0.3) is 0 Å². The maximum Gasteiger partial charge on any atom is 0.408 e. The van der Waals surface area contributed by atoms with Crippen molar-refractivity contribution in [2.45, 2.75) is 45.4 Å². The van der Waals surface area contributed by atoms with Crippen molar-refractivity contribution in [3.63, 3.8) is 0 Å². The van der Waals surface area contributed by atoms with Crippen LogP contribution < -0.4 is 10.6 Å². The summed E-state index contributed by atoms with van der Waals surface area (Å²) in [4.78, 5) is 24.6. The molecule has 0 aliphatic carbocycles. The Bertz CT molecular complexity index is 599. The Morgan fingerprint density at radius 1 is 1.23 bits per heavy atom. The van der Waals surface area contributed by atoms with E-state index >= 15 is 0 Å². The zero-order valence-electron chi connectivity index (χ0n) is 15.7. The molecule has 0 spiro atoms. The van der Waals surface area contributed by atoms with Gasteiger partial charge in [0.15, 0.2) is 0 Å². The van der Waals surface area contributed by atoms with E-state index in [1.807, 2.05) is 50.4 Å². The second-order valence-corrected chi connectivity index (χ2v) is 7.38. The Balaban J connectivity index is 2.59. The van der Waals surface area contributed by atoms with E-state index in [9.17, 15) is 9.59 Å². The van der Waals surface area contributed by atoms with Crippen LogP contribution in [-0.2, 0) is 16.1 Å². The zero-order chi connectivity index (χ0) is 19.4. The normalized spacial score (nSPS) is 12.7. The minimum atomic E-state index is -0.677. The van der Waals surface area contributed by atoms with Crippen LogP contribution in [0.25, 0.3) is 0 Å². The number of hydrogen-bond acceptors (Lipinski definition) is 4. The summed E-state index contributed by atoms with van der Waals surface area (Å²) in [5.41, 5.74) is 0.886. The summed E-state index contributed by atoms with van der Waals surface area (Å²) in [7, 11) is 0. The van der Waals surface area contributed by atoms with Crippen LogP contribution >= 0.6 is 11.8 Å². The molecule has 0 aromatic heterocycles. The molecule has 0 saturated heterocycles. The summed E-state index contributed by atoms with van der Waals surface area (Å²) < 4.78 is 5.21.